The van der Waals surface area contributed by atoms with Crippen LogP contribution in [0.4, 0.5) is 11.4 Å². The van der Waals surface area contributed by atoms with Crippen molar-refractivity contribution >= 4 is 27.1 Å². The number of hydrazone groups is 1. The van der Waals surface area contributed by atoms with Gasteiger partial charge in [-0.2, -0.15) is 9.41 Å². The fourth-order valence-corrected chi connectivity index (χ4v) is 5.26. The number of hydrogen-bond acceptors (Lipinski definition) is 6. The predicted molar refractivity (Wildman–Crippen MR) is 114 cm³/mol. The van der Waals surface area contributed by atoms with E-state index in [9.17, 15) is 18.5 Å². The number of sulfonamides is 1. The molecule has 9 heteroatoms. The van der Waals surface area contributed by atoms with Crippen molar-refractivity contribution in [1.29, 1.82) is 0 Å². The third-order valence-corrected chi connectivity index (χ3v) is 7.27. The van der Waals surface area contributed by atoms with E-state index in [4.69, 9.17) is 0 Å². The highest BCUT2D eigenvalue weighted by molar-refractivity contribution is 7.89. The van der Waals surface area contributed by atoms with Crippen LogP contribution in [0.3, 0.4) is 0 Å². The van der Waals surface area contributed by atoms with E-state index >= 15 is 0 Å². The second-order valence-corrected chi connectivity index (χ2v) is 9.38. The molecule has 0 atom stereocenters. The van der Waals surface area contributed by atoms with Crippen molar-refractivity contribution in [2.45, 2.75) is 63.2 Å². The zero-order chi connectivity index (χ0) is 20.9. The van der Waals surface area contributed by atoms with Crippen molar-refractivity contribution in [3.8, 4) is 0 Å². The maximum Gasteiger partial charge on any atom is 0.295 e. The molecule has 0 amide bonds. The first-order valence-electron chi connectivity index (χ1n) is 10.2. The number of nitrogens with zero attached hydrogens (tertiary/aromatic N) is 3. The molecule has 1 aromatic rings. The number of unbranched alkanes of at least 4 members (excludes halogenated alkanes) is 2. The molecule has 0 radical (unpaired) electrons. The van der Waals surface area contributed by atoms with Gasteiger partial charge in [0.2, 0.25) is 10.0 Å². The van der Waals surface area contributed by atoms with Crippen LogP contribution in [0.2, 0.25) is 0 Å². The van der Waals surface area contributed by atoms with Crippen LogP contribution in [0.5, 0.6) is 0 Å². The summed E-state index contributed by atoms with van der Waals surface area (Å²) >= 11 is 0. The first-order chi connectivity index (χ1) is 13.9. The Hall–Kier alpha value is -2.26. The third kappa shape index (κ3) is 5.02. The van der Waals surface area contributed by atoms with Crippen LogP contribution in [0, 0.1) is 10.1 Å². The molecule has 0 spiro atoms. The highest BCUT2D eigenvalue weighted by Crippen LogP contribution is 2.31. The molecule has 1 saturated heterocycles. The van der Waals surface area contributed by atoms with Gasteiger partial charge in [0.25, 0.3) is 5.69 Å². The molecule has 1 aliphatic carbocycles. The van der Waals surface area contributed by atoms with E-state index < -0.39 is 14.9 Å². The summed E-state index contributed by atoms with van der Waals surface area (Å²) in [6.45, 7) is 3.07. The van der Waals surface area contributed by atoms with Crippen LogP contribution in [0.25, 0.3) is 0 Å². The molecule has 0 aromatic heterocycles. The van der Waals surface area contributed by atoms with E-state index in [1.54, 1.807) is 0 Å². The lowest BCUT2D eigenvalue weighted by Crippen LogP contribution is -2.27. The minimum Gasteiger partial charge on any atom is -0.271 e. The predicted octanol–water partition coefficient (Wildman–Crippen LogP) is 4.45. The number of anilines is 1. The molecule has 158 valence electrons. The number of nitro groups is 1. The van der Waals surface area contributed by atoms with Gasteiger partial charge in [-0.1, -0.05) is 25.8 Å². The Morgan fingerprint density at radius 3 is 2.69 bits per heavy atom. The topological polar surface area (TPSA) is 105 Å². The summed E-state index contributed by atoms with van der Waals surface area (Å²) in [6, 6.07) is 3.97. The highest BCUT2D eigenvalue weighted by atomic mass is 32.2. The van der Waals surface area contributed by atoms with E-state index in [-0.39, 0.29) is 16.3 Å². The summed E-state index contributed by atoms with van der Waals surface area (Å²) in [6.07, 6.45) is 9.91. The summed E-state index contributed by atoms with van der Waals surface area (Å²) in [5.41, 5.74) is 4.83. The Balaban J connectivity index is 1.79. The molecule has 1 heterocycles. The average Bonchev–Trinajstić information content (AvgIpc) is 3.39. The summed E-state index contributed by atoms with van der Waals surface area (Å²) in [4.78, 5) is 10.9. The van der Waals surface area contributed by atoms with E-state index in [1.165, 1.54) is 22.0 Å². The number of allylic oxidation sites excluding steroid dienone is 2. The second kappa shape index (κ2) is 9.49. The first-order valence-corrected chi connectivity index (χ1v) is 11.7. The van der Waals surface area contributed by atoms with Gasteiger partial charge in [0.15, 0.2) is 0 Å². The standard InChI is InChI=1S/C20H28N4O4S/c1-2-3-4-8-16-9-7-10-18(16)21-22-19-12-11-17(15-20(19)24(25)26)29(27,28)23-13-5-6-14-23/h9,11-12,15,22H,2-8,10,13-14H2,1H3/b21-18-. The fourth-order valence-electron chi connectivity index (χ4n) is 3.72. The lowest BCUT2D eigenvalue weighted by atomic mass is 10.1. The SMILES string of the molecule is CCCCCC1=CCC/C1=N/Nc1ccc(S(=O)(=O)N2CCCC2)cc1[N+](=O)[O-]. The van der Waals surface area contributed by atoms with Crippen molar-refractivity contribution in [3.63, 3.8) is 0 Å². The van der Waals surface area contributed by atoms with E-state index in [2.05, 4.69) is 23.5 Å². The van der Waals surface area contributed by atoms with Crippen LogP contribution in [-0.2, 0) is 10.0 Å². The summed E-state index contributed by atoms with van der Waals surface area (Å²) in [7, 11) is -3.71. The molecule has 1 fully saturated rings. The number of nitro benzene ring substituents is 1. The van der Waals surface area contributed by atoms with Gasteiger partial charge in [-0.15, -0.1) is 0 Å². The van der Waals surface area contributed by atoms with Gasteiger partial charge in [-0.05, 0) is 56.2 Å². The molecule has 1 N–H and O–H groups in total. The molecule has 2 aliphatic rings. The molecular weight excluding hydrogens is 392 g/mol. The van der Waals surface area contributed by atoms with Gasteiger partial charge in [0.1, 0.15) is 5.69 Å². The van der Waals surface area contributed by atoms with Crippen LogP contribution < -0.4 is 5.43 Å². The Morgan fingerprint density at radius 2 is 2.00 bits per heavy atom. The molecule has 3 rings (SSSR count). The third-order valence-electron chi connectivity index (χ3n) is 5.37. The summed E-state index contributed by atoms with van der Waals surface area (Å²) in [5, 5.41) is 16.0. The van der Waals surface area contributed by atoms with Gasteiger partial charge in [-0.25, -0.2) is 8.42 Å². The maximum absolute atomic E-state index is 12.7. The van der Waals surface area contributed by atoms with Crippen molar-refractivity contribution in [2.75, 3.05) is 18.5 Å². The van der Waals surface area contributed by atoms with Gasteiger partial charge < -0.3 is 0 Å². The van der Waals surface area contributed by atoms with Crippen LogP contribution in [0.1, 0.15) is 58.3 Å². The minimum atomic E-state index is -3.71. The van der Waals surface area contributed by atoms with E-state index in [0.29, 0.717) is 13.1 Å². The second-order valence-electron chi connectivity index (χ2n) is 7.44. The van der Waals surface area contributed by atoms with Crippen molar-refractivity contribution < 1.29 is 13.3 Å². The molecule has 8 nitrogen and oxygen atoms in total. The van der Waals surface area contributed by atoms with Crippen LogP contribution in [-0.4, -0.2) is 36.4 Å². The number of rotatable bonds is 9. The average molecular weight is 421 g/mol. The first kappa shape index (κ1) is 21.4. The van der Waals surface area contributed by atoms with Gasteiger partial charge >= 0.3 is 0 Å². The van der Waals surface area contributed by atoms with Crippen molar-refractivity contribution in [2.24, 2.45) is 5.10 Å². The Labute approximate surface area is 171 Å². The normalized spacial score (nSPS) is 18.9. The largest absolute Gasteiger partial charge is 0.295 e. The lowest BCUT2D eigenvalue weighted by Gasteiger charge is -2.15. The number of hydrogen-bond donors (Lipinski definition) is 1. The quantitative estimate of drug-likeness (QED) is 0.361. The van der Waals surface area contributed by atoms with Crippen LogP contribution >= 0.6 is 0 Å². The molecule has 0 saturated carbocycles. The highest BCUT2D eigenvalue weighted by Gasteiger charge is 2.29. The van der Waals surface area contributed by atoms with E-state index in [1.807, 2.05) is 0 Å². The Kier molecular flexibility index (Phi) is 7.02. The van der Waals surface area contributed by atoms with Gasteiger partial charge in [0.05, 0.1) is 15.5 Å². The maximum atomic E-state index is 12.7. The fraction of sp³-hybridized carbons (Fsp3) is 0.550. The smallest absolute Gasteiger partial charge is 0.271 e. The molecular formula is C20H28N4O4S. The molecule has 29 heavy (non-hydrogen) atoms. The summed E-state index contributed by atoms with van der Waals surface area (Å²) in [5.74, 6) is 0. The Bertz CT molecular complexity index is 918. The molecule has 1 aliphatic heterocycles. The molecule has 0 unspecified atom stereocenters. The molecule has 0 bridgehead atoms. The zero-order valence-electron chi connectivity index (χ0n) is 16.8. The monoisotopic (exact) mass is 420 g/mol. The number of nitrogens with one attached hydrogen (secondary N) is 1. The van der Waals surface area contributed by atoms with Crippen molar-refractivity contribution in [1.82, 2.24) is 4.31 Å². The number of benzene rings is 1. The van der Waals surface area contributed by atoms with E-state index in [0.717, 1.165) is 63.1 Å². The van der Waals surface area contributed by atoms with Crippen molar-refractivity contribution in [3.05, 3.63) is 40.0 Å². The van der Waals surface area contributed by atoms with Gasteiger partial charge in [0, 0.05) is 19.2 Å². The minimum absolute atomic E-state index is 0.0506. The lowest BCUT2D eigenvalue weighted by molar-refractivity contribution is -0.384. The van der Waals surface area contributed by atoms with Crippen LogP contribution in [0.15, 0.2) is 39.8 Å². The summed E-state index contributed by atoms with van der Waals surface area (Å²) < 4.78 is 26.8. The molecule has 1 aromatic carbocycles. The van der Waals surface area contributed by atoms with Gasteiger partial charge in [-0.3, -0.25) is 15.5 Å². The zero-order valence-corrected chi connectivity index (χ0v) is 17.6. The Morgan fingerprint density at radius 1 is 1.24 bits per heavy atom.